The van der Waals surface area contributed by atoms with Crippen LogP contribution in [-0.4, -0.2) is 29.1 Å². The van der Waals surface area contributed by atoms with E-state index in [0.29, 0.717) is 11.8 Å². The molecule has 3 rings (SSSR count). The van der Waals surface area contributed by atoms with E-state index in [2.05, 4.69) is 9.88 Å². The summed E-state index contributed by atoms with van der Waals surface area (Å²) >= 11 is 1.66. The van der Waals surface area contributed by atoms with E-state index in [1.165, 1.54) is 44.9 Å². The van der Waals surface area contributed by atoms with Crippen molar-refractivity contribution in [1.29, 1.82) is 0 Å². The fourth-order valence-electron chi connectivity index (χ4n) is 3.77. The summed E-state index contributed by atoms with van der Waals surface area (Å²) in [7, 11) is 0. The molecule has 2 fully saturated rings. The Morgan fingerprint density at radius 3 is 2.62 bits per heavy atom. The van der Waals surface area contributed by atoms with Crippen molar-refractivity contribution in [2.75, 3.05) is 18.0 Å². The van der Waals surface area contributed by atoms with Gasteiger partial charge in [0.1, 0.15) is 0 Å². The van der Waals surface area contributed by atoms with E-state index >= 15 is 0 Å². The lowest BCUT2D eigenvalue weighted by Crippen LogP contribution is -2.41. The first-order chi connectivity index (χ1) is 10.2. The lowest BCUT2D eigenvalue weighted by Gasteiger charge is -2.44. The van der Waals surface area contributed by atoms with Gasteiger partial charge in [0.15, 0.2) is 5.13 Å². The molecule has 2 heterocycles. The number of carboxylic acid groups (broad SMARTS) is 1. The molecule has 4 nitrogen and oxygen atoms in total. The lowest BCUT2D eigenvalue weighted by atomic mass is 9.68. The van der Waals surface area contributed by atoms with Gasteiger partial charge in [-0.15, -0.1) is 11.3 Å². The molecule has 0 aromatic carbocycles. The van der Waals surface area contributed by atoms with Gasteiger partial charge in [0.05, 0.1) is 12.1 Å². The summed E-state index contributed by atoms with van der Waals surface area (Å²) in [5.41, 5.74) is 1.55. The second-order valence-electron chi connectivity index (χ2n) is 6.56. The minimum Gasteiger partial charge on any atom is -0.481 e. The molecule has 21 heavy (non-hydrogen) atoms. The van der Waals surface area contributed by atoms with Crippen LogP contribution in [-0.2, 0) is 11.2 Å². The zero-order chi connectivity index (χ0) is 14.7. The zero-order valence-electron chi connectivity index (χ0n) is 12.5. The molecule has 1 spiro atoms. The minimum absolute atomic E-state index is 0.173. The van der Waals surface area contributed by atoms with Crippen LogP contribution in [0.1, 0.15) is 57.1 Å². The van der Waals surface area contributed by atoms with Crippen molar-refractivity contribution in [3.8, 4) is 0 Å². The Balaban J connectivity index is 1.55. The third kappa shape index (κ3) is 3.57. The van der Waals surface area contributed by atoms with E-state index in [1.807, 2.05) is 5.38 Å². The van der Waals surface area contributed by atoms with Crippen LogP contribution in [0.25, 0.3) is 0 Å². The number of thiazole rings is 1. The van der Waals surface area contributed by atoms with Crippen molar-refractivity contribution in [1.82, 2.24) is 4.98 Å². The van der Waals surface area contributed by atoms with Crippen molar-refractivity contribution in [2.24, 2.45) is 5.41 Å². The monoisotopic (exact) mass is 308 g/mol. The van der Waals surface area contributed by atoms with Gasteiger partial charge in [-0.05, 0) is 31.1 Å². The van der Waals surface area contributed by atoms with Gasteiger partial charge < -0.3 is 10.0 Å². The van der Waals surface area contributed by atoms with Gasteiger partial charge in [0, 0.05) is 24.9 Å². The van der Waals surface area contributed by atoms with E-state index in [9.17, 15) is 4.79 Å². The fraction of sp³-hybridized carbons (Fsp3) is 0.750. The van der Waals surface area contributed by atoms with Gasteiger partial charge >= 0.3 is 5.97 Å². The second kappa shape index (κ2) is 6.34. The highest BCUT2D eigenvalue weighted by Crippen LogP contribution is 2.45. The third-order valence-electron chi connectivity index (χ3n) is 5.14. The molecule has 1 aromatic heterocycles. The number of hydrogen-bond acceptors (Lipinski definition) is 4. The average molecular weight is 308 g/mol. The van der Waals surface area contributed by atoms with Crippen molar-refractivity contribution >= 4 is 22.4 Å². The van der Waals surface area contributed by atoms with Crippen LogP contribution in [0, 0.1) is 5.41 Å². The van der Waals surface area contributed by atoms with Gasteiger partial charge in [0.2, 0.25) is 0 Å². The fourth-order valence-corrected chi connectivity index (χ4v) is 4.68. The Hall–Kier alpha value is -1.10. The van der Waals surface area contributed by atoms with Crippen molar-refractivity contribution in [2.45, 2.75) is 57.8 Å². The smallest absolute Gasteiger partial charge is 0.303 e. The predicted octanol–water partition coefficient (Wildman–Crippen LogP) is 3.71. The molecule has 1 aliphatic carbocycles. The molecule has 116 valence electrons. The van der Waals surface area contributed by atoms with Crippen molar-refractivity contribution < 1.29 is 9.90 Å². The first kappa shape index (κ1) is 14.8. The van der Waals surface area contributed by atoms with Crippen LogP contribution in [0.3, 0.4) is 0 Å². The number of rotatable bonds is 4. The Morgan fingerprint density at radius 1 is 1.24 bits per heavy atom. The highest BCUT2D eigenvalue weighted by atomic mass is 32.1. The molecule has 1 saturated carbocycles. The molecule has 0 radical (unpaired) electrons. The van der Waals surface area contributed by atoms with Gasteiger partial charge in [-0.2, -0.15) is 0 Å². The number of aryl methyl sites for hydroxylation is 1. The maximum absolute atomic E-state index is 10.6. The lowest BCUT2D eigenvalue weighted by molar-refractivity contribution is -0.136. The second-order valence-corrected chi connectivity index (χ2v) is 7.40. The number of aromatic nitrogens is 1. The van der Waals surface area contributed by atoms with E-state index < -0.39 is 5.97 Å². The molecular formula is C16H24N2O2S. The maximum atomic E-state index is 10.6. The van der Waals surface area contributed by atoms with Crippen LogP contribution in [0.15, 0.2) is 5.38 Å². The summed E-state index contributed by atoms with van der Waals surface area (Å²) in [5, 5.41) is 11.8. The molecule has 2 aliphatic rings. The molecule has 0 bridgehead atoms. The SMILES string of the molecule is O=C(O)CCc1csc(N2CCC3(CCCCC3)CC2)n1. The maximum Gasteiger partial charge on any atom is 0.303 e. The van der Waals surface area contributed by atoms with Crippen LogP contribution in [0.2, 0.25) is 0 Å². The molecule has 0 unspecified atom stereocenters. The number of carboxylic acids is 1. The highest BCUT2D eigenvalue weighted by molar-refractivity contribution is 7.13. The van der Waals surface area contributed by atoms with E-state index in [4.69, 9.17) is 5.11 Å². The quantitative estimate of drug-likeness (QED) is 0.921. The highest BCUT2D eigenvalue weighted by Gasteiger charge is 2.35. The summed E-state index contributed by atoms with van der Waals surface area (Å²) in [4.78, 5) is 17.6. The Bertz CT molecular complexity index is 484. The minimum atomic E-state index is -0.748. The standard InChI is InChI=1S/C16H24N2O2S/c19-14(20)5-4-13-12-21-15(17-13)18-10-8-16(9-11-18)6-2-1-3-7-16/h12H,1-11H2,(H,19,20). The Labute approximate surface area is 130 Å². The van der Waals surface area contributed by atoms with Gasteiger partial charge in [-0.3, -0.25) is 4.79 Å². The number of nitrogens with zero attached hydrogens (tertiary/aromatic N) is 2. The first-order valence-electron chi connectivity index (χ1n) is 8.08. The Kier molecular flexibility index (Phi) is 4.48. The molecule has 1 aromatic rings. The largest absolute Gasteiger partial charge is 0.481 e. The number of anilines is 1. The number of carbonyl (C=O) groups is 1. The van der Waals surface area contributed by atoms with Gasteiger partial charge in [0.25, 0.3) is 0 Å². The topological polar surface area (TPSA) is 53.4 Å². The van der Waals surface area contributed by atoms with Crippen LogP contribution in [0.4, 0.5) is 5.13 Å². The van der Waals surface area contributed by atoms with E-state index in [1.54, 1.807) is 11.3 Å². The number of hydrogen-bond donors (Lipinski definition) is 1. The molecule has 5 heteroatoms. The molecular weight excluding hydrogens is 284 g/mol. The van der Waals surface area contributed by atoms with Crippen LogP contribution in [0.5, 0.6) is 0 Å². The van der Waals surface area contributed by atoms with Crippen LogP contribution < -0.4 is 4.90 Å². The predicted molar refractivity (Wildman–Crippen MR) is 85.0 cm³/mol. The summed E-state index contributed by atoms with van der Waals surface area (Å²) in [6.45, 7) is 2.23. The molecule has 0 atom stereocenters. The zero-order valence-corrected chi connectivity index (χ0v) is 13.3. The average Bonchev–Trinajstić information content (AvgIpc) is 2.96. The van der Waals surface area contributed by atoms with Gasteiger partial charge in [-0.25, -0.2) is 4.98 Å². The summed E-state index contributed by atoms with van der Waals surface area (Å²) in [6.07, 6.45) is 10.4. The molecule has 1 saturated heterocycles. The third-order valence-corrected chi connectivity index (χ3v) is 6.09. The summed E-state index contributed by atoms with van der Waals surface area (Å²) in [5.74, 6) is -0.748. The number of aliphatic carboxylic acids is 1. The normalized spacial score (nSPS) is 21.6. The number of piperidine rings is 1. The van der Waals surface area contributed by atoms with Crippen molar-refractivity contribution in [3.05, 3.63) is 11.1 Å². The first-order valence-corrected chi connectivity index (χ1v) is 8.96. The van der Waals surface area contributed by atoms with E-state index in [0.717, 1.165) is 23.9 Å². The van der Waals surface area contributed by atoms with Crippen molar-refractivity contribution in [3.63, 3.8) is 0 Å². The van der Waals surface area contributed by atoms with E-state index in [-0.39, 0.29) is 6.42 Å². The summed E-state index contributed by atoms with van der Waals surface area (Å²) < 4.78 is 0. The van der Waals surface area contributed by atoms with Crippen LogP contribution >= 0.6 is 11.3 Å². The molecule has 1 aliphatic heterocycles. The van der Waals surface area contributed by atoms with Gasteiger partial charge in [-0.1, -0.05) is 19.3 Å². The summed E-state index contributed by atoms with van der Waals surface area (Å²) in [6, 6.07) is 0. The molecule has 0 amide bonds. The Morgan fingerprint density at radius 2 is 1.95 bits per heavy atom. The molecule has 1 N–H and O–H groups in total.